The summed E-state index contributed by atoms with van der Waals surface area (Å²) in [5.41, 5.74) is 3.41. The number of hydrogen-bond acceptors (Lipinski definition) is 3. The third-order valence-electron chi connectivity index (χ3n) is 5.30. The summed E-state index contributed by atoms with van der Waals surface area (Å²) in [6.45, 7) is 10.0. The van der Waals surface area contributed by atoms with Gasteiger partial charge in [0.2, 0.25) is 0 Å². The van der Waals surface area contributed by atoms with E-state index in [1.807, 2.05) is 24.4 Å². The molecule has 0 aliphatic rings. The van der Waals surface area contributed by atoms with Crippen LogP contribution < -0.4 is 9.80 Å². The first-order valence-corrected chi connectivity index (χ1v) is 11.3. The lowest BCUT2D eigenvalue weighted by molar-refractivity contribution is -0.896. The van der Waals surface area contributed by atoms with Crippen LogP contribution in [0.2, 0.25) is 0 Å². The molecule has 0 atom stereocenters. The molecule has 3 rings (SSSR count). The number of quaternary nitrogens is 1. The van der Waals surface area contributed by atoms with Gasteiger partial charge in [-0.25, -0.2) is 9.37 Å². The van der Waals surface area contributed by atoms with Crippen molar-refractivity contribution in [3.05, 3.63) is 70.9 Å². The Morgan fingerprint density at radius 3 is 2.53 bits per heavy atom. The first kappa shape index (κ1) is 22.1. The molecule has 0 bridgehead atoms. The minimum atomic E-state index is -0.409. The minimum absolute atomic E-state index is 0.214. The highest BCUT2D eigenvalue weighted by atomic mass is 32.1. The quantitative estimate of drug-likeness (QED) is 0.556. The molecular formula is C24H29FN3OS+. The molecule has 4 nitrogen and oxygen atoms in total. The Labute approximate surface area is 182 Å². The van der Waals surface area contributed by atoms with Gasteiger partial charge in [-0.05, 0) is 39.0 Å². The third-order valence-corrected chi connectivity index (χ3v) is 6.16. The molecule has 0 aliphatic heterocycles. The van der Waals surface area contributed by atoms with Crippen LogP contribution in [-0.4, -0.2) is 37.1 Å². The zero-order valence-electron chi connectivity index (χ0n) is 17.8. The van der Waals surface area contributed by atoms with E-state index >= 15 is 0 Å². The second kappa shape index (κ2) is 10.5. The number of thiazole rings is 1. The number of benzene rings is 2. The number of nitrogens with one attached hydrogen (secondary N) is 1. The molecule has 1 aromatic heterocycles. The number of carbonyl (C=O) groups is 1. The number of carbonyl (C=O) groups excluding carboxylic acids is 1. The smallest absolute Gasteiger partial charge is 0.260 e. The summed E-state index contributed by atoms with van der Waals surface area (Å²) in [5.74, 6) is -0.623. The molecule has 1 heterocycles. The van der Waals surface area contributed by atoms with E-state index < -0.39 is 5.82 Å². The number of aryl methyl sites for hydroxylation is 1. The summed E-state index contributed by atoms with van der Waals surface area (Å²) in [6, 6.07) is 14.0. The van der Waals surface area contributed by atoms with Crippen LogP contribution in [0.5, 0.6) is 0 Å². The monoisotopic (exact) mass is 426 g/mol. The van der Waals surface area contributed by atoms with E-state index in [-0.39, 0.29) is 5.91 Å². The molecule has 0 aliphatic carbocycles. The molecule has 2 aromatic carbocycles. The van der Waals surface area contributed by atoms with Crippen molar-refractivity contribution in [2.24, 2.45) is 0 Å². The normalized spacial score (nSPS) is 11.1. The Morgan fingerprint density at radius 1 is 1.13 bits per heavy atom. The summed E-state index contributed by atoms with van der Waals surface area (Å²) in [4.78, 5) is 21.2. The molecule has 0 fully saturated rings. The van der Waals surface area contributed by atoms with E-state index in [2.05, 4.69) is 26.0 Å². The number of amides is 1. The molecule has 0 saturated heterocycles. The second-order valence-corrected chi connectivity index (χ2v) is 8.25. The van der Waals surface area contributed by atoms with Crippen molar-refractivity contribution < 1.29 is 14.1 Å². The van der Waals surface area contributed by atoms with E-state index in [0.717, 1.165) is 37.3 Å². The average Bonchev–Trinajstić information content (AvgIpc) is 3.24. The molecule has 0 spiro atoms. The van der Waals surface area contributed by atoms with Crippen LogP contribution in [0, 0.1) is 12.7 Å². The van der Waals surface area contributed by atoms with Crippen LogP contribution in [0.15, 0.2) is 53.9 Å². The maximum Gasteiger partial charge on any atom is 0.260 e. The topological polar surface area (TPSA) is 37.6 Å². The molecule has 1 N–H and O–H groups in total. The van der Waals surface area contributed by atoms with Gasteiger partial charge in [0.1, 0.15) is 5.82 Å². The standard InChI is InChI=1S/C24H28FN3OS/c1-4-27(5-2)14-7-15-28(23(29)20-8-6-9-21(25)16-20)24-26-22(17-30-24)19-12-10-18(3)11-13-19/h6,8-13,16-17H,4-5,7,14-15H2,1-3H3/p+1. The van der Waals surface area contributed by atoms with Crippen molar-refractivity contribution in [2.75, 3.05) is 31.1 Å². The second-order valence-electron chi connectivity index (χ2n) is 7.41. The summed E-state index contributed by atoms with van der Waals surface area (Å²) in [6.07, 6.45) is 0.859. The Kier molecular flexibility index (Phi) is 7.71. The third kappa shape index (κ3) is 5.52. The zero-order chi connectivity index (χ0) is 21.5. The number of halogens is 1. The zero-order valence-corrected chi connectivity index (χ0v) is 18.6. The first-order valence-electron chi connectivity index (χ1n) is 10.4. The summed E-state index contributed by atoms with van der Waals surface area (Å²) >= 11 is 1.45. The number of hydrogen-bond donors (Lipinski definition) is 1. The molecule has 0 radical (unpaired) electrons. The Hall–Kier alpha value is -2.57. The molecule has 3 aromatic rings. The van der Waals surface area contributed by atoms with Crippen molar-refractivity contribution in [3.63, 3.8) is 0 Å². The van der Waals surface area contributed by atoms with Gasteiger partial charge in [0.25, 0.3) is 5.91 Å². The predicted octanol–water partition coefficient (Wildman–Crippen LogP) is 4.22. The summed E-state index contributed by atoms with van der Waals surface area (Å²) in [5, 5.41) is 2.62. The highest BCUT2D eigenvalue weighted by Gasteiger charge is 2.22. The molecule has 6 heteroatoms. The fraction of sp³-hybridized carbons (Fsp3) is 0.333. The van der Waals surface area contributed by atoms with Crippen LogP contribution >= 0.6 is 11.3 Å². The summed E-state index contributed by atoms with van der Waals surface area (Å²) in [7, 11) is 0. The molecule has 158 valence electrons. The van der Waals surface area contributed by atoms with Gasteiger partial charge < -0.3 is 4.90 Å². The fourth-order valence-electron chi connectivity index (χ4n) is 3.40. The Balaban J connectivity index is 1.85. The van der Waals surface area contributed by atoms with Crippen molar-refractivity contribution in [1.82, 2.24) is 4.98 Å². The van der Waals surface area contributed by atoms with Gasteiger partial charge in [0.15, 0.2) is 5.13 Å². The van der Waals surface area contributed by atoms with E-state index in [0.29, 0.717) is 17.2 Å². The Morgan fingerprint density at radius 2 is 1.87 bits per heavy atom. The van der Waals surface area contributed by atoms with Crippen LogP contribution in [0.25, 0.3) is 11.3 Å². The van der Waals surface area contributed by atoms with Gasteiger partial charge >= 0.3 is 0 Å². The lowest BCUT2D eigenvalue weighted by Gasteiger charge is -2.22. The van der Waals surface area contributed by atoms with Gasteiger partial charge in [-0.3, -0.25) is 9.69 Å². The van der Waals surface area contributed by atoms with E-state index in [4.69, 9.17) is 4.98 Å². The van der Waals surface area contributed by atoms with Crippen molar-refractivity contribution in [2.45, 2.75) is 27.2 Å². The van der Waals surface area contributed by atoms with Crippen molar-refractivity contribution in [3.8, 4) is 11.3 Å². The Bertz CT molecular complexity index is 967. The predicted molar refractivity (Wildman–Crippen MR) is 122 cm³/mol. The molecule has 0 unspecified atom stereocenters. The number of rotatable bonds is 9. The largest absolute Gasteiger partial charge is 0.335 e. The minimum Gasteiger partial charge on any atom is -0.335 e. The molecule has 30 heavy (non-hydrogen) atoms. The van der Waals surface area contributed by atoms with E-state index in [9.17, 15) is 9.18 Å². The fourth-order valence-corrected chi connectivity index (χ4v) is 4.26. The van der Waals surface area contributed by atoms with E-state index in [1.54, 1.807) is 17.0 Å². The van der Waals surface area contributed by atoms with Crippen LogP contribution in [0.4, 0.5) is 9.52 Å². The highest BCUT2D eigenvalue weighted by Crippen LogP contribution is 2.29. The van der Waals surface area contributed by atoms with Gasteiger partial charge in [-0.2, -0.15) is 0 Å². The highest BCUT2D eigenvalue weighted by molar-refractivity contribution is 7.14. The maximum atomic E-state index is 13.7. The van der Waals surface area contributed by atoms with E-state index in [1.165, 1.54) is 33.9 Å². The first-order chi connectivity index (χ1) is 14.5. The van der Waals surface area contributed by atoms with Crippen molar-refractivity contribution >= 4 is 22.4 Å². The van der Waals surface area contributed by atoms with Gasteiger partial charge in [0.05, 0.1) is 25.3 Å². The van der Waals surface area contributed by atoms with Gasteiger partial charge in [-0.15, -0.1) is 11.3 Å². The number of aromatic nitrogens is 1. The van der Waals surface area contributed by atoms with Crippen LogP contribution in [-0.2, 0) is 0 Å². The SMILES string of the molecule is CC[NH+](CC)CCCN(C(=O)c1cccc(F)c1)c1nc(-c2ccc(C)cc2)cs1. The van der Waals surface area contributed by atoms with Gasteiger partial charge in [-0.1, -0.05) is 35.9 Å². The lowest BCUT2D eigenvalue weighted by Crippen LogP contribution is -3.11. The van der Waals surface area contributed by atoms with Crippen LogP contribution in [0.3, 0.4) is 0 Å². The van der Waals surface area contributed by atoms with Crippen LogP contribution in [0.1, 0.15) is 36.2 Å². The molecular weight excluding hydrogens is 397 g/mol. The molecule has 0 saturated carbocycles. The average molecular weight is 427 g/mol. The van der Waals surface area contributed by atoms with Crippen molar-refractivity contribution in [1.29, 1.82) is 0 Å². The maximum absolute atomic E-state index is 13.7. The number of anilines is 1. The number of nitrogens with zero attached hydrogens (tertiary/aromatic N) is 2. The molecule has 1 amide bonds. The summed E-state index contributed by atoms with van der Waals surface area (Å²) < 4.78 is 13.7. The lowest BCUT2D eigenvalue weighted by atomic mass is 10.1. The van der Waals surface area contributed by atoms with Gasteiger partial charge in [0, 0.05) is 29.5 Å².